The van der Waals surface area contributed by atoms with Crippen LogP contribution >= 0.6 is 23.1 Å². The van der Waals surface area contributed by atoms with Crippen molar-refractivity contribution in [2.24, 2.45) is 0 Å². The van der Waals surface area contributed by atoms with Gasteiger partial charge in [-0.3, -0.25) is 4.72 Å². The molecule has 0 bridgehead atoms. The fourth-order valence-electron chi connectivity index (χ4n) is 2.64. The molecule has 0 radical (unpaired) electrons. The lowest BCUT2D eigenvalue weighted by Gasteiger charge is -2.13. The van der Waals surface area contributed by atoms with Gasteiger partial charge < -0.3 is 10.5 Å². The van der Waals surface area contributed by atoms with E-state index in [1.165, 1.54) is 30.7 Å². The molecule has 4 rings (SSSR count). The first kappa shape index (κ1) is 21.4. The average molecular weight is 486 g/mol. The van der Waals surface area contributed by atoms with Gasteiger partial charge in [-0.25, -0.2) is 23.4 Å². The van der Waals surface area contributed by atoms with Gasteiger partial charge in [0.05, 0.1) is 16.7 Å². The first-order valence-electron chi connectivity index (χ1n) is 8.75. The van der Waals surface area contributed by atoms with Crippen LogP contribution in [0, 0.1) is 11.3 Å². The maximum absolute atomic E-state index is 12.6. The minimum atomic E-state index is -3.97. The summed E-state index contributed by atoms with van der Waals surface area (Å²) in [5, 5.41) is 10.2. The Bertz CT molecular complexity index is 1420. The van der Waals surface area contributed by atoms with Crippen molar-refractivity contribution in [3.05, 3.63) is 65.6 Å². The van der Waals surface area contributed by atoms with Gasteiger partial charge >= 0.3 is 0 Å². The van der Waals surface area contributed by atoms with Crippen molar-refractivity contribution in [3.63, 3.8) is 0 Å². The van der Waals surface area contributed by atoms with Gasteiger partial charge in [0.25, 0.3) is 10.0 Å². The molecule has 0 saturated heterocycles. The number of hydrogen-bond donors (Lipinski definition) is 2. The molecule has 0 unspecified atom stereocenters. The van der Waals surface area contributed by atoms with Crippen LogP contribution in [0.1, 0.15) is 5.56 Å². The summed E-state index contributed by atoms with van der Waals surface area (Å²) in [5.74, 6) is 0.374. The standard InChI is InChI=1S/C19H12ClN7O3S2/c20-13-3-1-11(2-4-13)17-16(9-23-18(22)26-17)30-15-6-5-14(7-12(15)8-21)32(28,29)27-19-24-10-25-31-19/h1-7,9-10H,(H2,22,23,26)(H,24,25,27). The van der Waals surface area contributed by atoms with Crippen molar-refractivity contribution in [1.29, 1.82) is 5.26 Å². The number of nitriles is 1. The van der Waals surface area contributed by atoms with Crippen LogP contribution < -0.4 is 15.2 Å². The first-order chi connectivity index (χ1) is 15.4. The molecule has 2 heterocycles. The highest BCUT2D eigenvalue weighted by Gasteiger charge is 2.20. The highest BCUT2D eigenvalue weighted by atomic mass is 35.5. The van der Waals surface area contributed by atoms with Crippen LogP contribution in [-0.4, -0.2) is 27.7 Å². The Morgan fingerprint density at radius 3 is 2.59 bits per heavy atom. The molecule has 0 aliphatic rings. The number of nitrogen functional groups attached to an aromatic ring is 1. The molecule has 13 heteroatoms. The molecule has 0 atom stereocenters. The molecule has 2 aromatic heterocycles. The van der Waals surface area contributed by atoms with Gasteiger partial charge in [0.1, 0.15) is 23.8 Å². The quantitative estimate of drug-likeness (QED) is 0.415. The zero-order valence-corrected chi connectivity index (χ0v) is 18.3. The molecule has 2 aromatic carbocycles. The summed E-state index contributed by atoms with van der Waals surface area (Å²) in [4.78, 5) is 11.8. The number of nitrogens with zero attached hydrogens (tertiary/aromatic N) is 5. The number of sulfonamides is 1. The van der Waals surface area contributed by atoms with Crippen molar-refractivity contribution < 1.29 is 13.2 Å². The number of nitrogens with two attached hydrogens (primary N) is 1. The van der Waals surface area contributed by atoms with E-state index in [1.54, 1.807) is 24.3 Å². The Morgan fingerprint density at radius 1 is 1.12 bits per heavy atom. The Morgan fingerprint density at radius 2 is 1.91 bits per heavy atom. The van der Waals surface area contributed by atoms with Gasteiger partial charge in [-0.15, -0.1) is 0 Å². The van der Waals surface area contributed by atoms with E-state index in [-0.39, 0.29) is 33.0 Å². The van der Waals surface area contributed by atoms with Gasteiger partial charge in [-0.05, 0) is 30.3 Å². The summed E-state index contributed by atoms with van der Waals surface area (Å²) in [6.45, 7) is 0. The van der Waals surface area contributed by atoms with Crippen LogP contribution in [0.3, 0.4) is 0 Å². The lowest BCUT2D eigenvalue weighted by molar-refractivity contribution is 0.478. The third-order valence-electron chi connectivity index (χ3n) is 4.08. The smallest absolute Gasteiger partial charge is 0.263 e. The van der Waals surface area contributed by atoms with E-state index in [1.807, 2.05) is 6.07 Å². The highest BCUT2D eigenvalue weighted by Crippen LogP contribution is 2.34. The van der Waals surface area contributed by atoms with Crippen LogP contribution in [0.2, 0.25) is 5.02 Å². The second kappa shape index (κ2) is 8.75. The predicted octanol–water partition coefficient (Wildman–Crippen LogP) is 3.70. The van der Waals surface area contributed by atoms with E-state index < -0.39 is 10.0 Å². The van der Waals surface area contributed by atoms with Gasteiger partial charge in [-0.2, -0.15) is 9.64 Å². The normalized spacial score (nSPS) is 11.0. The van der Waals surface area contributed by atoms with E-state index in [2.05, 4.69) is 24.0 Å². The van der Waals surface area contributed by atoms with Crippen molar-refractivity contribution in [1.82, 2.24) is 19.3 Å². The van der Waals surface area contributed by atoms with Gasteiger partial charge in [0.2, 0.25) is 11.1 Å². The Labute approximate surface area is 191 Å². The number of ether oxygens (including phenoxy) is 1. The second-order valence-corrected chi connectivity index (χ2v) is 9.07. The minimum Gasteiger partial charge on any atom is -0.452 e. The molecular weight excluding hydrogens is 474 g/mol. The topological polar surface area (TPSA) is 157 Å². The van der Waals surface area contributed by atoms with Crippen molar-refractivity contribution >= 4 is 44.2 Å². The third kappa shape index (κ3) is 4.59. The number of rotatable bonds is 6. The number of benzene rings is 2. The van der Waals surface area contributed by atoms with Gasteiger partial charge in [0, 0.05) is 22.1 Å². The molecule has 160 valence electrons. The van der Waals surface area contributed by atoms with Crippen LogP contribution in [-0.2, 0) is 10.0 Å². The van der Waals surface area contributed by atoms with E-state index in [9.17, 15) is 13.7 Å². The van der Waals surface area contributed by atoms with E-state index in [0.717, 1.165) is 11.5 Å². The van der Waals surface area contributed by atoms with E-state index in [0.29, 0.717) is 16.3 Å². The molecule has 0 spiro atoms. The maximum Gasteiger partial charge on any atom is 0.263 e. The molecule has 0 amide bonds. The number of anilines is 2. The summed E-state index contributed by atoms with van der Waals surface area (Å²) in [6.07, 6.45) is 2.60. The van der Waals surface area contributed by atoms with Gasteiger partial charge in [-0.1, -0.05) is 23.7 Å². The zero-order chi connectivity index (χ0) is 22.7. The van der Waals surface area contributed by atoms with Crippen molar-refractivity contribution in [2.45, 2.75) is 4.90 Å². The monoisotopic (exact) mass is 485 g/mol. The van der Waals surface area contributed by atoms with Crippen LogP contribution in [0.25, 0.3) is 11.3 Å². The maximum atomic E-state index is 12.6. The largest absolute Gasteiger partial charge is 0.452 e. The summed E-state index contributed by atoms with van der Waals surface area (Å²) in [6, 6.07) is 12.6. The molecule has 10 nitrogen and oxygen atoms in total. The molecule has 0 fully saturated rings. The third-order valence-corrected chi connectivity index (χ3v) is 6.37. The molecule has 0 aliphatic carbocycles. The lowest BCUT2D eigenvalue weighted by Crippen LogP contribution is -2.13. The fourth-order valence-corrected chi connectivity index (χ4v) is 4.45. The van der Waals surface area contributed by atoms with Crippen LogP contribution in [0.15, 0.2) is 59.9 Å². The Hall–Kier alpha value is -3.79. The SMILES string of the molecule is N#Cc1cc(S(=O)(=O)Nc2ncns2)ccc1Oc1cnc(N)nc1-c1ccc(Cl)cc1. The Balaban J connectivity index is 1.69. The highest BCUT2D eigenvalue weighted by molar-refractivity contribution is 7.93. The van der Waals surface area contributed by atoms with Crippen LogP contribution in [0.4, 0.5) is 11.1 Å². The molecule has 0 saturated carbocycles. The molecular formula is C19H12ClN7O3S2. The summed E-state index contributed by atoms with van der Waals surface area (Å²) in [7, 11) is -3.97. The van der Waals surface area contributed by atoms with Crippen molar-refractivity contribution in [2.75, 3.05) is 10.5 Å². The zero-order valence-electron chi connectivity index (χ0n) is 15.9. The number of nitrogens with one attached hydrogen (secondary N) is 1. The second-order valence-electron chi connectivity index (χ2n) is 6.17. The summed E-state index contributed by atoms with van der Waals surface area (Å²) < 4.78 is 37.1. The number of halogens is 1. The molecule has 0 aliphatic heterocycles. The number of hydrogen-bond acceptors (Lipinski definition) is 10. The fraction of sp³-hybridized carbons (Fsp3) is 0. The molecule has 32 heavy (non-hydrogen) atoms. The van der Waals surface area contributed by atoms with Gasteiger partial charge in [0.15, 0.2) is 5.75 Å². The lowest BCUT2D eigenvalue weighted by atomic mass is 10.1. The molecule has 4 aromatic rings. The Kier molecular flexibility index (Phi) is 5.87. The summed E-state index contributed by atoms with van der Waals surface area (Å²) in [5.41, 5.74) is 6.77. The minimum absolute atomic E-state index is 0.0102. The molecule has 3 N–H and O–H groups in total. The first-order valence-corrected chi connectivity index (χ1v) is 11.4. The van der Waals surface area contributed by atoms with Crippen LogP contribution in [0.5, 0.6) is 11.5 Å². The summed E-state index contributed by atoms with van der Waals surface area (Å²) >= 11 is 6.84. The van der Waals surface area contributed by atoms with E-state index >= 15 is 0 Å². The predicted molar refractivity (Wildman–Crippen MR) is 119 cm³/mol. The van der Waals surface area contributed by atoms with Crippen molar-refractivity contribution in [3.8, 4) is 28.8 Å². The number of aromatic nitrogens is 4. The van der Waals surface area contributed by atoms with E-state index in [4.69, 9.17) is 22.1 Å². The average Bonchev–Trinajstić information content (AvgIpc) is 3.28.